The fourth-order valence-electron chi connectivity index (χ4n) is 3.90. The van der Waals surface area contributed by atoms with Gasteiger partial charge in [-0.1, -0.05) is 25.0 Å². The molecule has 1 fully saturated rings. The van der Waals surface area contributed by atoms with Crippen LogP contribution in [0.3, 0.4) is 0 Å². The van der Waals surface area contributed by atoms with Gasteiger partial charge in [-0.2, -0.15) is 0 Å². The van der Waals surface area contributed by atoms with E-state index in [2.05, 4.69) is 27.7 Å². The molecule has 1 aliphatic heterocycles. The SMILES string of the molecule is O=C(NCC(c1cccs1)N1CCCCCC1)c1cccc(-n2cccc2)c1. The van der Waals surface area contributed by atoms with Gasteiger partial charge in [-0.05, 0) is 67.7 Å². The minimum absolute atomic E-state index is 0.00890. The molecule has 0 radical (unpaired) electrons. The highest BCUT2D eigenvalue weighted by atomic mass is 32.1. The van der Waals surface area contributed by atoms with Gasteiger partial charge >= 0.3 is 0 Å². The number of nitrogens with zero attached hydrogens (tertiary/aromatic N) is 2. The molecule has 1 amide bonds. The summed E-state index contributed by atoms with van der Waals surface area (Å²) in [6, 6.07) is 16.3. The van der Waals surface area contributed by atoms with Crippen LogP contribution in [0, 0.1) is 0 Å². The molecule has 1 aromatic carbocycles. The Labute approximate surface area is 170 Å². The van der Waals surface area contributed by atoms with E-state index in [0.29, 0.717) is 12.1 Å². The molecule has 1 unspecified atom stereocenters. The third-order valence-electron chi connectivity index (χ3n) is 5.42. The van der Waals surface area contributed by atoms with Crippen LogP contribution in [0.25, 0.3) is 5.69 Å². The Morgan fingerprint density at radius 1 is 1.00 bits per heavy atom. The molecular weight excluding hydrogens is 366 g/mol. The molecule has 1 saturated heterocycles. The lowest BCUT2D eigenvalue weighted by atomic mass is 10.1. The van der Waals surface area contributed by atoms with Crippen molar-refractivity contribution < 1.29 is 4.79 Å². The Morgan fingerprint density at radius 2 is 1.79 bits per heavy atom. The van der Waals surface area contributed by atoms with E-state index in [-0.39, 0.29) is 11.9 Å². The highest BCUT2D eigenvalue weighted by Crippen LogP contribution is 2.27. The number of carbonyl (C=O) groups excluding carboxylic acids is 1. The molecule has 0 aliphatic carbocycles. The molecule has 1 N–H and O–H groups in total. The van der Waals surface area contributed by atoms with E-state index < -0.39 is 0 Å². The van der Waals surface area contributed by atoms with Gasteiger partial charge in [0, 0.05) is 35.1 Å². The lowest BCUT2D eigenvalue weighted by molar-refractivity contribution is 0.0934. The summed E-state index contributed by atoms with van der Waals surface area (Å²) in [5.74, 6) is -0.00890. The van der Waals surface area contributed by atoms with E-state index in [4.69, 9.17) is 0 Å². The molecule has 146 valence electrons. The van der Waals surface area contributed by atoms with Gasteiger partial charge in [-0.15, -0.1) is 11.3 Å². The van der Waals surface area contributed by atoms with Crippen molar-refractivity contribution in [1.82, 2.24) is 14.8 Å². The second-order valence-corrected chi connectivity index (χ2v) is 8.31. The summed E-state index contributed by atoms with van der Waals surface area (Å²) in [7, 11) is 0. The van der Waals surface area contributed by atoms with Crippen LogP contribution in [0.15, 0.2) is 66.3 Å². The number of rotatable bonds is 6. The molecule has 0 spiro atoms. The Kier molecular flexibility index (Phi) is 6.24. The first-order valence-electron chi connectivity index (χ1n) is 10.1. The molecule has 3 heterocycles. The molecule has 3 aromatic rings. The molecule has 0 bridgehead atoms. The van der Waals surface area contributed by atoms with Gasteiger partial charge in [0.15, 0.2) is 0 Å². The van der Waals surface area contributed by atoms with Crippen LogP contribution in [0.5, 0.6) is 0 Å². The standard InChI is InChI=1S/C23H27N3OS/c27-23(19-9-7-10-20(17-19)25-12-5-6-13-25)24-18-21(22-11-8-16-28-22)26-14-3-1-2-4-15-26/h5-13,16-17,21H,1-4,14-15,18H2,(H,24,27). The number of carbonyl (C=O) groups is 1. The molecule has 2 aromatic heterocycles. The van der Waals surface area contributed by atoms with Crippen LogP contribution in [0.2, 0.25) is 0 Å². The van der Waals surface area contributed by atoms with Crippen LogP contribution in [-0.2, 0) is 0 Å². The molecular formula is C23H27N3OS. The van der Waals surface area contributed by atoms with Gasteiger partial charge in [-0.3, -0.25) is 9.69 Å². The molecule has 4 rings (SSSR count). The number of benzene rings is 1. The Bertz CT molecular complexity index is 865. The van der Waals surface area contributed by atoms with Gasteiger partial charge in [-0.25, -0.2) is 0 Å². The fourth-order valence-corrected chi connectivity index (χ4v) is 4.76. The summed E-state index contributed by atoms with van der Waals surface area (Å²) < 4.78 is 2.02. The van der Waals surface area contributed by atoms with E-state index >= 15 is 0 Å². The number of aromatic nitrogens is 1. The maximum absolute atomic E-state index is 12.9. The predicted molar refractivity (Wildman–Crippen MR) is 115 cm³/mol. The van der Waals surface area contributed by atoms with Gasteiger partial charge in [0.1, 0.15) is 0 Å². The summed E-state index contributed by atoms with van der Waals surface area (Å²) >= 11 is 1.78. The average molecular weight is 394 g/mol. The maximum Gasteiger partial charge on any atom is 0.251 e. The van der Waals surface area contributed by atoms with Crippen LogP contribution >= 0.6 is 11.3 Å². The summed E-state index contributed by atoms with van der Waals surface area (Å²) in [6.07, 6.45) is 9.09. The summed E-state index contributed by atoms with van der Waals surface area (Å²) in [5.41, 5.74) is 1.70. The van der Waals surface area contributed by atoms with Gasteiger partial charge in [0.2, 0.25) is 0 Å². The zero-order valence-electron chi connectivity index (χ0n) is 16.1. The second kappa shape index (κ2) is 9.22. The minimum atomic E-state index is -0.00890. The van der Waals surface area contributed by atoms with Crippen molar-refractivity contribution in [3.8, 4) is 5.69 Å². The largest absolute Gasteiger partial charge is 0.350 e. The minimum Gasteiger partial charge on any atom is -0.350 e. The Morgan fingerprint density at radius 3 is 2.50 bits per heavy atom. The van der Waals surface area contributed by atoms with E-state index in [1.807, 2.05) is 53.4 Å². The predicted octanol–water partition coefficient (Wildman–Crippen LogP) is 4.89. The molecule has 1 atom stereocenters. The van der Waals surface area contributed by atoms with Crippen molar-refractivity contribution in [2.24, 2.45) is 0 Å². The topological polar surface area (TPSA) is 37.3 Å². The zero-order chi connectivity index (χ0) is 19.2. The second-order valence-electron chi connectivity index (χ2n) is 7.33. The van der Waals surface area contributed by atoms with Crippen LogP contribution in [0.4, 0.5) is 0 Å². The zero-order valence-corrected chi connectivity index (χ0v) is 16.9. The van der Waals surface area contributed by atoms with Gasteiger partial charge in [0.25, 0.3) is 5.91 Å². The summed E-state index contributed by atoms with van der Waals surface area (Å²) in [6.45, 7) is 2.87. The van der Waals surface area contributed by atoms with Crippen molar-refractivity contribution in [1.29, 1.82) is 0 Å². The quantitative estimate of drug-likeness (QED) is 0.648. The molecule has 4 nitrogen and oxygen atoms in total. The molecule has 0 saturated carbocycles. The summed E-state index contributed by atoms with van der Waals surface area (Å²) in [4.78, 5) is 16.7. The number of nitrogens with one attached hydrogen (secondary N) is 1. The third-order valence-corrected chi connectivity index (χ3v) is 6.39. The van der Waals surface area contributed by atoms with Crippen molar-refractivity contribution in [2.45, 2.75) is 31.7 Å². The Balaban J connectivity index is 1.46. The van der Waals surface area contributed by atoms with E-state index in [1.165, 1.54) is 30.6 Å². The van der Waals surface area contributed by atoms with E-state index in [0.717, 1.165) is 18.8 Å². The fraction of sp³-hybridized carbons (Fsp3) is 0.348. The monoisotopic (exact) mass is 393 g/mol. The molecule has 5 heteroatoms. The van der Waals surface area contributed by atoms with E-state index in [1.54, 1.807) is 11.3 Å². The lowest BCUT2D eigenvalue weighted by Crippen LogP contribution is -2.38. The first-order chi connectivity index (χ1) is 13.8. The highest BCUT2D eigenvalue weighted by Gasteiger charge is 2.23. The number of hydrogen-bond donors (Lipinski definition) is 1. The molecule has 28 heavy (non-hydrogen) atoms. The third kappa shape index (κ3) is 4.54. The number of thiophene rings is 1. The number of likely N-dealkylation sites (tertiary alicyclic amines) is 1. The van der Waals surface area contributed by atoms with Crippen LogP contribution in [0.1, 0.15) is 47.0 Å². The van der Waals surface area contributed by atoms with Crippen molar-refractivity contribution in [2.75, 3.05) is 19.6 Å². The summed E-state index contributed by atoms with van der Waals surface area (Å²) in [5, 5.41) is 5.32. The smallest absolute Gasteiger partial charge is 0.251 e. The lowest BCUT2D eigenvalue weighted by Gasteiger charge is -2.30. The van der Waals surface area contributed by atoms with Crippen LogP contribution in [-0.4, -0.2) is 35.0 Å². The van der Waals surface area contributed by atoms with Crippen molar-refractivity contribution >= 4 is 17.2 Å². The van der Waals surface area contributed by atoms with E-state index in [9.17, 15) is 4.79 Å². The first-order valence-corrected chi connectivity index (χ1v) is 11.0. The van der Waals surface area contributed by atoms with Gasteiger partial charge < -0.3 is 9.88 Å². The van der Waals surface area contributed by atoms with Crippen LogP contribution < -0.4 is 5.32 Å². The number of amides is 1. The van der Waals surface area contributed by atoms with Crippen molar-refractivity contribution in [3.05, 3.63) is 76.7 Å². The number of hydrogen-bond acceptors (Lipinski definition) is 3. The first kappa shape index (κ1) is 19.0. The van der Waals surface area contributed by atoms with Crippen molar-refractivity contribution in [3.63, 3.8) is 0 Å². The Hall–Kier alpha value is -2.37. The molecule has 1 aliphatic rings. The maximum atomic E-state index is 12.9. The average Bonchev–Trinajstić information content (AvgIpc) is 3.39. The highest BCUT2D eigenvalue weighted by molar-refractivity contribution is 7.10. The normalized spacial score (nSPS) is 16.4. The van der Waals surface area contributed by atoms with Gasteiger partial charge in [0.05, 0.1) is 6.04 Å².